The third kappa shape index (κ3) is 1.03. The zero-order valence-electron chi connectivity index (χ0n) is 6.34. The fourth-order valence-electron chi connectivity index (χ4n) is 0.265. The van der Waals surface area contributed by atoms with Crippen molar-refractivity contribution in [2.75, 3.05) is 0 Å². The van der Waals surface area contributed by atoms with Crippen LogP contribution in [0.15, 0.2) is 0 Å². The summed E-state index contributed by atoms with van der Waals surface area (Å²) in [6.07, 6.45) is 0. The van der Waals surface area contributed by atoms with Crippen molar-refractivity contribution in [2.24, 2.45) is 0 Å². The molecule has 0 aromatic heterocycles. The predicted octanol–water partition coefficient (Wildman–Crippen LogP) is 0.0957. The van der Waals surface area contributed by atoms with Crippen LogP contribution < -0.4 is 0 Å². The molecule has 0 bridgehead atoms. The summed E-state index contributed by atoms with van der Waals surface area (Å²) in [6.45, 7) is 0. The van der Waals surface area contributed by atoms with Gasteiger partial charge >= 0.3 is 72.1 Å². The van der Waals surface area contributed by atoms with Gasteiger partial charge in [-0.2, -0.15) is 0 Å². The zero-order valence-corrected chi connectivity index (χ0v) is 8.38. The first-order valence-electron chi connectivity index (χ1n) is 2.40. The maximum absolute atomic E-state index is 8.58. The fraction of sp³-hybridized carbons (Fsp3) is 0. The molecule has 73 valence electrons. The van der Waals surface area contributed by atoms with E-state index in [1.54, 1.807) is 0 Å². The molecule has 0 amide bonds. The molecule has 0 aromatic carbocycles. The molecule has 0 saturated heterocycles. The number of nitrogens with zero attached hydrogens (tertiary/aromatic N) is 6. The van der Waals surface area contributed by atoms with Crippen LogP contribution >= 0.6 is 0 Å². The number of nitriles is 6. The topological polar surface area (TPSA) is 143 Å². The van der Waals surface area contributed by atoms with Crippen LogP contribution in [0.5, 0.6) is 0 Å². The van der Waals surface area contributed by atoms with E-state index >= 15 is 0 Å². The van der Waals surface area contributed by atoms with Gasteiger partial charge in [-0.25, -0.2) is 0 Å². The first kappa shape index (κ1) is 14.5. The van der Waals surface area contributed by atoms with Gasteiger partial charge in [-0.1, -0.05) is 0 Å². The Hall–Kier alpha value is -2.02. The van der Waals surface area contributed by atoms with Crippen LogP contribution in [0.25, 0.3) is 0 Å². The van der Waals surface area contributed by atoms with Crippen molar-refractivity contribution in [1.82, 2.24) is 0 Å². The third-order valence-corrected chi connectivity index (χ3v) is 4.89. The molecular formula is C6CuFeN6. The molecule has 0 aliphatic heterocycles. The van der Waals surface area contributed by atoms with Crippen molar-refractivity contribution in [3.8, 4) is 29.8 Å². The maximum atomic E-state index is 8.58. The molecular weight excluding hydrogens is 275 g/mol. The quantitative estimate of drug-likeness (QED) is 0.573. The van der Waals surface area contributed by atoms with Crippen LogP contribution in [0.1, 0.15) is 0 Å². The Balaban J connectivity index is 0. The van der Waals surface area contributed by atoms with Gasteiger partial charge in [0.25, 0.3) is 0 Å². The first-order valence-corrected chi connectivity index (χ1v) is 5.71. The largest absolute Gasteiger partial charge is 0 e. The summed E-state index contributed by atoms with van der Waals surface area (Å²) in [4.78, 5) is 6.19. The smallest absolute Gasteiger partial charge is 0 e. The number of rotatable bonds is 0. The summed E-state index contributed by atoms with van der Waals surface area (Å²) in [7, 11) is -6.17. The van der Waals surface area contributed by atoms with Crippen LogP contribution in [0.3, 0.4) is 0 Å². The van der Waals surface area contributed by atoms with Crippen molar-refractivity contribution in [3.63, 3.8) is 0 Å². The Morgan fingerprint density at radius 2 is 0.643 bits per heavy atom. The van der Waals surface area contributed by atoms with Crippen LogP contribution in [0.4, 0.5) is 0 Å². The van der Waals surface area contributed by atoms with Crippen LogP contribution in [0.2, 0.25) is 0 Å². The van der Waals surface area contributed by atoms with Crippen LogP contribution in [-0.2, 0) is 27.8 Å². The van der Waals surface area contributed by atoms with Gasteiger partial charge in [0.15, 0.2) is 0 Å². The Morgan fingerprint density at radius 1 is 0.500 bits per heavy atom. The van der Waals surface area contributed by atoms with Crippen molar-refractivity contribution >= 4 is 0 Å². The summed E-state index contributed by atoms with van der Waals surface area (Å²) in [5, 5.41) is 51.5. The molecule has 1 radical (unpaired) electrons. The van der Waals surface area contributed by atoms with E-state index in [4.69, 9.17) is 31.6 Å². The standard InChI is InChI=1S/6CN.Cu.Fe/c6*1-2;;. The van der Waals surface area contributed by atoms with E-state index < -0.39 is 10.7 Å². The van der Waals surface area contributed by atoms with Gasteiger partial charge in [0.05, 0.1) is 0 Å². The number of hydrogen-bond donors (Lipinski definition) is 0. The Bertz CT molecular complexity index is 392. The molecule has 8 heteroatoms. The second-order valence-corrected chi connectivity index (χ2v) is 7.42. The van der Waals surface area contributed by atoms with Gasteiger partial charge < -0.3 is 0 Å². The van der Waals surface area contributed by atoms with Gasteiger partial charge in [0.2, 0.25) is 0 Å². The summed E-state index contributed by atoms with van der Waals surface area (Å²) < 4.78 is 0. The minimum absolute atomic E-state index is 0. The normalized spacial score (nSPS) is 12.4. The fourth-order valence-corrected chi connectivity index (χ4v) is 1.09. The molecule has 0 aromatic rings. The minimum Gasteiger partial charge on any atom is 0 e. The first-order chi connectivity index (χ1) is 5.97. The van der Waals surface area contributed by atoms with Gasteiger partial charge in [0, 0.05) is 17.1 Å². The van der Waals surface area contributed by atoms with Crippen molar-refractivity contribution in [3.05, 3.63) is 0 Å². The maximum Gasteiger partial charge on any atom is 0 e. The Kier molecular flexibility index (Phi) is 3.14. The SMILES string of the molecule is N#[C][Fe]([C]#N)([C]#N)([C]#N)([C]#N)[C]#N.[Cu]. The molecule has 0 atom stereocenters. The summed E-state index contributed by atoms with van der Waals surface area (Å²) in [6, 6.07) is 0. The molecule has 0 spiro atoms. The van der Waals surface area contributed by atoms with Gasteiger partial charge in [-0.3, -0.25) is 0 Å². The minimum atomic E-state index is -6.17. The van der Waals surface area contributed by atoms with Gasteiger partial charge in [0.1, 0.15) is 0 Å². The van der Waals surface area contributed by atoms with E-state index in [1.807, 2.05) is 0 Å². The van der Waals surface area contributed by atoms with E-state index in [2.05, 4.69) is 0 Å². The molecule has 0 heterocycles. The molecule has 0 N–H and O–H groups in total. The third-order valence-electron chi connectivity index (χ3n) is 1.19. The number of hydrogen-bond acceptors (Lipinski definition) is 6. The van der Waals surface area contributed by atoms with Crippen molar-refractivity contribution in [2.45, 2.75) is 0 Å². The van der Waals surface area contributed by atoms with Gasteiger partial charge in [-0.05, 0) is 0 Å². The van der Waals surface area contributed by atoms with E-state index in [1.165, 1.54) is 0 Å². The molecule has 0 saturated carbocycles. The molecule has 6 nitrogen and oxygen atoms in total. The average Bonchev–Trinajstić information content (AvgIpc) is 2.26. The van der Waals surface area contributed by atoms with Crippen molar-refractivity contribution in [1.29, 1.82) is 31.6 Å². The van der Waals surface area contributed by atoms with Crippen molar-refractivity contribution < 1.29 is 27.8 Å². The monoisotopic (exact) mass is 275 g/mol. The van der Waals surface area contributed by atoms with E-state index in [-0.39, 0.29) is 17.1 Å². The summed E-state index contributed by atoms with van der Waals surface area (Å²) in [5.74, 6) is 0. The van der Waals surface area contributed by atoms with E-state index in [9.17, 15) is 0 Å². The van der Waals surface area contributed by atoms with Gasteiger partial charge in [-0.15, -0.1) is 0 Å². The predicted molar refractivity (Wildman–Crippen MR) is 33.7 cm³/mol. The average molecular weight is 275 g/mol. The van der Waals surface area contributed by atoms with Crippen LogP contribution in [0, 0.1) is 61.4 Å². The Labute approximate surface area is 89.2 Å². The molecule has 0 unspecified atom stereocenters. The summed E-state index contributed by atoms with van der Waals surface area (Å²) in [5.41, 5.74) is 0. The second-order valence-electron chi connectivity index (χ2n) is 1.80. The summed E-state index contributed by atoms with van der Waals surface area (Å²) >= 11 is 0. The molecule has 0 rings (SSSR count). The second kappa shape index (κ2) is 3.04. The molecule has 0 fully saturated rings. The Morgan fingerprint density at radius 3 is 0.643 bits per heavy atom. The molecule has 0 aliphatic carbocycles. The molecule has 0 aliphatic rings. The molecule has 14 heavy (non-hydrogen) atoms. The van der Waals surface area contributed by atoms with E-state index in [0.717, 1.165) is 29.8 Å². The van der Waals surface area contributed by atoms with E-state index in [0.29, 0.717) is 0 Å². The zero-order chi connectivity index (χ0) is 10.7. The van der Waals surface area contributed by atoms with Crippen LogP contribution in [-0.4, -0.2) is 0 Å².